The van der Waals surface area contributed by atoms with Crippen LogP contribution in [0.4, 0.5) is 11.4 Å². The molecule has 0 fully saturated rings. The van der Waals surface area contributed by atoms with Crippen molar-refractivity contribution >= 4 is 44.3 Å². The molecule has 2 rings (SSSR count). The van der Waals surface area contributed by atoms with E-state index in [1.54, 1.807) is 12.1 Å². The Kier molecular flexibility index (Phi) is 5.25. The van der Waals surface area contributed by atoms with Crippen LogP contribution < -0.4 is 5.32 Å². The number of anilines is 1. The van der Waals surface area contributed by atoms with Crippen LogP contribution in [0.25, 0.3) is 0 Å². The quantitative estimate of drug-likeness (QED) is 0.618. The molecule has 7 nitrogen and oxygen atoms in total. The van der Waals surface area contributed by atoms with Crippen molar-refractivity contribution in [2.24, 2.45) is 0 Å². The predicted molar refractivity (Wildman–Crippen MR) is 90.6 cm³/mol. The Labute approximate surface area is 142 Å². The summed E-state index contributed by atoms with van der Waals surface area (Å²) in [5.41, 5.74) is -0.0391. The average Bonchev–Trinajstić information content (AvgIpc) is 2.91. The molecule has 124 valence electrons. The molecule has 0 aliphatic carbocycles. The number of halogens is 1. The minimum Gasteiger partial charge on any atom is -0.383 e. The van der Waals surface area contributed by atoms with Crippen molar-refractivity contribution < 1.29 is 13.3 Å². The first kappa shape index (κ1) is 17.7. The van der Waals surface area contributed by atoms with Gasteiger partial charge < -0.3 is 5.32 Å². The molecule has 0 saturated carbocycles. The Morgan fingerprint density at radius 1 is 1.35 bits per heavy atom. The van der Waals surface area contributed by atoms with E-state index in [4.69, 9.17) is 11.6 Å². The first-order valence-electron chi connectivity index (χ1n) is 6.42. The van der Waals surface area contributed by atoms with Crippen LogP contribution in [0.3, 0.4) is 0 Å². The van der Waals surface area contributed by atoms with Gasteiger partial charge in [0, 0.05) is 31.6 Å². The van der Waals surface area contributed by atoms with E-state index >= 15 is 0 Å². The first-order chi connectivity index (χ1) is 10.8. The lowest BCUT2D eigenvalue weighted by atomic mass is 10.3. The molecule has 1 N–H and O–H groups in total. The topological polar surface area (TPSA) is 92.6 Å². The second-order valence-electron chi connectivity index (χ2n) is 4.65. The number of nitro groups is 1. The summed E-state index contributed by atoms with van der Waals surface area (Å²) in [5, 5.41) is 13.7. The molecule has 0 aliphatic rings. The molecule has 0 radical (unpaired) electrons. The number of sulfonamides is 1. The highest BCUT2D eigenvalue weighted by atomic mass is 35.5. The highest BCUT2D eigenvalue weighted by Gasteiger charge is 2.25. The van der Waals surface area contributed by atoms with E-state index < -0.39 is 14.9 Å². The molecule has 0 amide bonds. The molecule has 1 aromatic heterocycles. The predicted octanol–water partition coefficient (Wildman–Crippen LogP) is 3.17. The Bertz CT molecular complexity index is 835. The Morgan fingerprint density at radius 2 is 2.04 bits per heavy atom. The minimum atomic E-state index is -3.84. The van der Waals surface area contributed by atoms with Crippen molar-refractivity contribution in [2.75, 3.05) is 19.4 Å². The van der Waals surface area contributed by atoms with Crippen LogP contribution in [0.2, 0.25) is 4.34 Å². The zero-order valence-electron chi connectivity index (χ0n) is 12.3. The lowest BCUT2D eigenvalue weighted by Gasteiger charge is -2.16. The smallest absolute Gasteiger partial charge is 0.293 e. The summed E-state index contributed by atoms with van der Waals surface area (Å²) in [6, 6.07) is 7.20. The second-order valence-corrected chi connectivity index (χ2v) is 8.50. The number of rotatable bonds is 6. The number of nitrogens with zero attached hydrogens (tertiary/aromatic N) is 2. The molecule has 0 spiro atoms. The van der Waals surface area contributed by atoms with Gasteiger partial charge in [-0.05, 0) is 24.3 Å². The van der Waals surface area contributed by atoms with E-state index in [0.29, 0.717) is 4.34 Å². The van der Waals surface area contributed by atoms with E-state index in [0.717, 1.165) is 15.2 Å². The highest BCUT2D eigenvalue weighted by molar-refractivity contribution is 7.89. The third-order valence-electron chi connectivity index (χ3n) is 3.15. The van der Waals surface area contributed by atoms with Crippen LogP contribution in [0.1, 0.15) is 4.88 Å². The van der Waals surface area contributed by atoms with E-state index in [1.165, 1.54) is 37.6 Å². The van der Waals surface area contributed by atoms with Gasteiger partial charge in [0.15, 0.2) is 0 Å². The third-order valence-corrected chi connectivity index (χ3v) is 6.17. The summed E-state index contributed by atoms with van der Waals surface area (Å²) in [5.74, 6) is 0. The van der Waals surface area contributed by atoms with Crippen LogP contribution in [0, 0.1) is 10.1 Å². The van der Waals surface area contributed by atoms with Crippen LogP contribution in [0.15, 0.2) is 35.2 Å². The fraction of sp³-hybridized carbons (Fsp3) is 0.231. The fourth-order valence-electron chi connectivity index (χ4n) is 1.96. The molecule has 2 aromatic rings. The van der Waals surface area contributed by atoms with Crippen molar-refractivity contribution in [2.45, 2.75) is 11.4 Å². The van der Waals surface area contributed by atoms with Crippen LogP contribution in [-0.2, 0) is 16.6 Å². The van der Waals surface area contributed by atoms with Gasteiger partial charge in [-0.2, -0.15) is 4.31 Å². The maximum Gasteiger partial charge on any atom is 0.293 e. The Balaban J connectivity index is 2.35. The van der Waals surface area contributed by atoms with Crippen molar-refractivity contribution in [1.82, 2.24) is 4.31 Å². The number of hydrogen-bond donors (Lipinski definition) is 1. The van der Waals surface area contributed by atoms with Gasteiger partial charge in [-0.25, -0.2) is 8.42 Å². The van der Waals surface area contributed by atoms with E-state index in [-0.39, 0.29) is 22.8 Å². The monoisotopic (exact) mass is 375 g/mol. The summed E-state index contributed by atoms with van der Waals surface area (Å²) in [4.78, 5) is 11.1. The highest BCUT2D eigenvalue weighted by Crippen LogP contribution is 2.29. The number of thiophene rings is 1. The van der Waals surface area contributed by atoms with Gasteiger partial charge in [-0.3, -0.25) is 10.1 Å². The molecular formula is C13H14ClN3O4S2. The average molecular weight is 376 g/mol. The van der Waals surface area contributed by atoms with Crippen molar-refractivity contribution in [3.8, 4) is 0 Å². The molecule has 0 unspecified atom stereocenters. The normalized spacial score (nSPS) is 11.7. The summed E-state index contributed by atoms with van der Waals surface area (Å²) < 4.78 is 26.8. The zero-order valence-corrected chi connectivity index (χ0v) is 14.7. The molecule has 1 aromatic carbocycles. The van der Waals surface area contributed by atoms with Gasteiger partial charge in [-0.15, -0.1) is 11.3 Å². The van der Waals surface area contributed by atoms with Crippen LogP contribution in [0.5, 0.6) is 0 Å². The maximum atomic E-state index is 12.6. The fourth-order valence-corrected chi connectivity index (χ4v) is 4.35. The Morgan fingerprint density at radius 3 is 2.57 bits per heavy atom. The zero-order chi connectivity index (χ0) is 17.2. The summed E-state index contributed by atoms with van der Waals surface area (Å²) in [6.45, 7) is 0.140. The van der Waals surface area contributed by atoms with Crippen molar-refractivity contribution in [3.05, 3.63) is 49.7 Å². The summed E-state index contributed by atoms with van der Waals surface area (Å²) >= 11 is 7.12. The molecule has 0 saturated heterocycles. The van der Waals surface area contributed by atoms with E-state index in [1.807, 2.05) is 0 Å². The number of hydrogen-bond acceptors (Lipinski definition) is 6. The van der Waals surface area contributed by atoms with Gasteiger partial charge >= 0.3 is 0 Å². The van der Waals surface area contributed by atoms with Crippen LogP contribution in [-0.4, -0.2) is 31.7 Å². The SMILES string of the molecule is CNc1ccc(S(=O)(=O)N(C)Cc2ccc(Cl)s2)cc1[N+](=O)[O-]. The standard InChI is InChI=1S/C13H14ClN3O4S2/c1-15-11-5-4-10(7-12(11)17(18)19)23(20,21)16(2)8-9-3-6-13(14)22-9/h3-7,15H,8H2,1-2H3. The molecule has 0 aliphatic heterocycles. The molecule has 1 heterocycles. The number of nitrogens with one attached hydrogen (secondary N) is 1. The van der Waals surface area contributed by atoms with E-state index in [9.17, 15) is 18.5 Å². The number of nitro benzene ring substituents is 1. The van der Waals surface area contributed by atoms with E-state index in [2.05, 4.69) is 5.32 Å². The van der Waals surface area contributed by atoms with Crippen LogP contribution >= 0.6 is 22.9 Å². The van der Waals surface area contributed by atoms with Gasteiger partial charge in [0.2, 0.25) is 10.0 Å². The van der Waals surface area contributed by atoms with Gasteiger partial charge in [0.1, 0.15) is 5.69 Å². The van der Waals surface area contributed by atoms with Crippen molar-refractivity contribution in [3.63, 3.8) is 0 Å². The summed E-state index contributed by atoms with van der Waals surface area (Å²) in [6.07, 6.45) is 0. The van der Waals surface area contributed by atoms with Gasteiger partial charge in [0.05, 0.1) is 14.2 Å². The third kappa shape index (κ3) is 3.81. The van der Waals surface area contributed by atoms with Crippen molar-refractivity contribution in [1.29, 1.82) is 0 Å². The largest absolute Gasteiger partial charge is 0.383 e. The van der Waals surface area contributed by atoms with Gasteiger partial charge in [0.25, 0.3) is 5.69 Å². The Hall–Kier alpha value is -1.68. The molecule has 10 heteroatoms. The minimum absolute atomic E-state index is 0.131. The first-order valence-corrected chi connectivity index (χ1v) is 9.06. The lowest BCUT2D eigenvalue weighted by molar-refractivity contribution is -0.384. The molecule has 23 heavy (non-hydrogen) atoms. The second kappa shape index (κ2) is 6.83. The van der Waals surface area contributed by atoms with Gasteiger partial charge in [-0.1, -0.05) is 11.6 Å². The maximum absolute atomic E-state index is 12.6. The molecular weight excluding hydrogens is 362 g/mol. The molecule has 0 atom stereocenters. The lowest BCUT2D eigenvalue weighted by Crippen LogP contribution is -2.26. The number of benzene rings is 1. The molecule has 0 bridgehead atoms. The summed E-state index contributed by atoms with van der Waals surface area (Å²) in [7, 11) is -0.896.